The normalized spacial score (nSPS) is 18.1. The molecule has 1 aliphatic heterocycles. The average molecular weight is 483 g/mol. The van der Waals surface area contributed by atoms with Gasteiger partial charge in [0.05, 0.1) is 13.2 Å². The lowest BCUT2D eigenvalue weighted by molar-refractivity contribution is -0.173. The number of rotatable bonds is 11. The topological polar surface area (TPSA) is 64.1 Å². The van der Waals surface area contributed by atoms with E-state index in [2.05, 4.69) is 20.4 Å². The zero-order valence-corrected chi connectivity index (χ0v) is 16.9. The van der Waals surface area contributed by atoms with Crippen molar-refractivity contribution in [2.45, 2.75) is 25.4 Å². The van der Waals surface area contributed by atoms with Gasteiger partial charge in [-0.2, -0.15) is 13.2 Å². The molecule has 1 atom stereocenters. The van der Waals surface area contributed by atoms with Crippen molar-refractivity contribution in [2.75, 3.05) is 59.8 Å². The van der Waals surface area contributed by atoms with Crippen molar-refractivity contribution in [2.24, 2.45) is 10.9 Å². The van der Waals surface area contributed by atoms with E-state index in [4.69, 9.17) is 9.47 Å². The highest BCUT2D eigenvalue weighted by Gasteiger charge is 2.27. The van der Waals surface area contributed by atoms with Gasteiger partial charge in [-0.3, -0.25) is 4.99 Å². The molecule has 10 heteroatoms. The standard InChI is InChI=1S/C15H28F3N3O3.HI/c1-19-14(21-6-3-8-24-12-15(16,17)18)20-5-2-7-22-10-13-4-9-23-11-13;/h13H,2-12H2,1H3,(H2,19,20,21);1H. The molecule has 1 aliphatic rings. The average Bonchev–Trinajstić information content (AvgIpc) is 3.04. The smallest absolute Gasteiger partial charge is 0.381 e. The minimum atomic E-state index is -4.27. The van der Waals surface area contributed by atoms with Gasteiger partial charge >= 0.3 is 6.18 Å². The summed E-state index contributed by atoms with van der Waals surface area (Å²) in [5.74, 6) is 1.14. The number of alkyl halides is 3. The highest BCUT2D eigenvalue weighted by Crippen LogP contribution is 2.14. The number of halogens is 4. The zero-order chi connectivity index (χ0) is 17.7. The van der Waals surface area contributed by atoms with Crippen LogP contribution in [0.5, 0.6) is 0 Å². The Morgan fingerprint density at radius 2 is 1.80 bits per heavy atom. The van der Waals surface area contributed by atoms with Crippen LogP contribution >= 0.6 is 24.0 Å². The second-order valence-corrected chi connectivity index (χ2v) is 5.61. The molecular formula is C15H29F3IN3O3. The maximum atomic E-state index is 11.9. The molecule has 1 fully saturated rings. The maximum Gasteiger partial charge on any atom is 0.411 e. The second-order valence-electron chi connectivity index (χ2n) is 5.61. The van der Waals surface area contributed by atoms with E-state index in [0.717, 1.165) is 32.7 Å². The molecule has 2 N–H and O–H groups in total. The summed E-state index contributed by atoms with van der Waals surface area (Å²) in [5.41, 5.74) is 0. The lowest BCUT2D eigenvalue weighted by Crippen LogP contribution is -2.38. The van der Waals surface area contributed by atoms with E-state index in [1.165, 1.54) is 0 Å². The molecule has 0 saturated carbocycles. The van der Waals surface area contributed by atoms with E-state index < -0.39 is 12.8 Å². The lowest BCUT2D eigenvalue weighted by Gasteiger charge is -2.13. The molecule has 0 bridgehead atoms. The number of guanidine groups is 1. The summed E-state index contributed by atoms with van der Waals surface area (Å²) in [6, 6.07) is 0. The van der Waals surface area contributed by atoms with Crippen LogP contribution in [0, 0.1) is 5.92 Å². The number of nitrogens with one attached hydrogen (secondary N) is 2. The number of hydrogen-bond acceptors (Lipinski definition) is 4. The Hall–Kier alpha value is -0.330. The first-order valence-corrected chi connectivity index (χ1v) is 8.26. The van der Waals surface area contributed by atoms with Crippen LogP contribution in [0.4, 0.5) is 13.2 Å². The molecule has 0 aromatic carbocycles. The molecule has 0 aliphatic carbocycles. The van der Waals surface area contributed by atoms with Crippen LogP contribution in [0.15, 0.2) is 4.99 Å². The molecule has 1 rings (SSSR count). The predicted molar refractivity (Wildman–Crippen MR) is 101 cm³/mol. The highest BCUT2D eigenvalue weighted by molar-refractivity contribution is 14.0. The molecule has 0 amide bonds. The second kappa shape index (κ2) is 14.8. The molecular weight excluding hydrogens is 454 g/mol. The van der Waals surface area contributed by atoms with Crippen molar-refractivity contribution in [3.63, 3.8) is 0 Å². The summed E-state index contributed by atoms with van der Waals surface area (Å²) < 4.78 is 51.0. The fraction of sp³-hybridized carbons (Fsp3) is 0.933. The van der Waals surface area contributed by atoms with Crippen LogP contribution in [-0.4, -0.2) is 71.9 Å². The molecule has 150 valence electrons. The lowest BCUT2D eigenvalue weighted by atomic mass is 10.1. The van der Waals surface area contributed by atoms with Gasteiger partial charge in [-0.15, -0.1) is 24.0 Å². The van der Waals surface area contributed by atoms with Crippen LogP contribution in [0.2, 0.25) is 0 Å². The summed E-state index contributed by atoms with van der Waals surface area (Å²) in [7, 11) is 1.64. The molecule has 0 spiro atoms. The van der Waals surface area contributed by atoms with Crippen LogP contribution in [0.25, 0.3) is 0 Å². The van der Waals surface area contributed by atoms with E-state index in [1.54, 1.807) is 7.05 Å². The monoisotopic (exact) mass is 483 g/mol. The third-order valence-corrected chi connectivity index (χ3v) is 3.38. The van der Waals surface area contributed by atoms with Crippen molar-refractivity contribution < 1.29 is 27.4 Å². The zero-order valence-electron chi connectivity index (χ0n) is 14.6. The maximum absolute atomic E-state index is 11.9. The van der Waals surface area contributed by atoms with Gasteiger partial charge in [-0.1, -0.05) is 0 Å². The van der Waals surface area contributed by atoms with Crippen LogP contribution in [0.1, 0.15) is 19.3 Å². The van der Waals surface area contributed by atoms with Crippen molar-refractivity contribution >= 4 is 29.9 Å². The summed E-state index contributed by atoms with van der Waals surface area (Å²) in [4.78, 5) is 4.04. The van der Waals surface area contributed by atoms with E-state index in [1.807, 2.05) is 0 Å². The largest absolute Gasteiger partial charge is 0.411 e. The van der Waals surface area contributed by atoms with Gasteiger partial charge in [0.1, 0.15) is 6.61 Å². The summed E-state index contributed by atoms with van der Waals surface area (Å²) in [6.45, 7) is 3.10. The van der Waals surface area contributed by atoms with E-state index in [0.29, 0.717) is 38.0 Å². The number of hydrogen-bond donors (Lipinski definition) is 2. The van der Waals surface area contributed by atoms with E-state index in [-0.39, 0.29) is 30.6 Å². The Bertz CT molecular complexity index is 355. The molecule has 0 aromatic rings. The Labute approximate surface area is 164 Å². The molecule has 25 heavy (non-hydrogen) atoms. The quantitative estimate of drug-likeness (QED) is 0.204. The first-order valence-electron chi connectivity index (χ1n) is 8.26. The molecule has 6 nitrogen and oxygen atoms in total. The van der Waals surface area contributed by atoms with Gasteiger partial charge in [-0.25, -0.2) is 0 Å². The Morgan fingerprint density at radius 1 is 1.16 bits per heavy atom. The summed E-state index contributed by atoms with van der Waals surface area (Å²) in [5, 5.41) is 6.15. The molecule has 1 unspecified atom stereocenters. The van der Waals surface area contributed by atoms with Crippen molar-refractivity contribution in [1.29, 1.82) is 0 Å². The van der Waals surface area contributed by atoms with Gasteiger partial charge in [0.25, 0.3) is 0 Å². The van der Waals surface area contributed by atoms with Crippen LogP contribution in [-0.2, 0) is 14.2 Å². The number of ether oxygens (including phenoxy) is 3. The summed E-state index contributed by atoms with van der Waals surface area (Å²) in [6.07, 6.45) is -1.87. The molecule has 0 aromatic heterocycles. The van der Waals surface area contributed by atoms with Crippen molar-refractivity contribution in [1.82, 2.24) is 10.6 Å². The van der Waals surface area contributed by atoms with E-state index >= 15 is 0 Å². The fourth-order valence-electron chi connectivity index (χ4n) is 2.14. The Kier molecular flexibility index (Phi) is 14.6. The number of aliphatic imine (C=N–C) groups is 1. The van der Waals surface area contributed by atoms with Gasteiger partial charge < -0.3 is 24.8 Å². The first kappa shape index (κ1) is 24.7. The van der Waals surface area contributed by atoms with E-state index in [9.17, 15) is 13.2 Å². The minimum absolute atomic E-state index is 0. The van der Waals surface area contributed by atoms with Gasteiger partial charge in [0.2, 0.25) is 0 Å². The third kappa shape index (κ3) is 14.5. The van der Waals surface area contributed by atoms with Crippen LogP contribution in [0.3, 0.4) is 0 Å². The third-order valence-electron chi connectivity index (χ3n) is 3.38. The van der Waals surface area contributed by atoms with Crippen LogP contribution < -0.4 is 10.6 Å². The minimum Gasteiger partial charge on any atom is -0.381 e. The van der Waals surface area contributed by atoms with Gasteiger partial charge in [0, 0.05) is 45.9 Å². The summed E-state index contributed by atoms with van der Waals surface area (Å²) >= 11 is 0. The Balaban J connectivity index is 0.00000576. The predicted octanol–water partition coefficient (Wildman–Crippen LogP) is 2.18. The SMILES string of the molecule is CN=C(NCCCOCC1CCOC1)NCCCOCC(F)(F)F.I. The van der Waals surface area contributed by atoms with Gasteiger partial charge in [0.15, 0.2) is 5.96 Å². The molecule has 0 radical (unpaired) electrons. The Morgan fingerprint density at radius 3 is 2.32 bits per heavy atom. The highest BCUT2D eigenvalue weighted by atomic mass is 127. The number of nitrogens with zero attached hydrogens (tertiary/aromatic N) is 1. The molecule has 1 heterocycles. The fourth-order valence-corrected chi connectivity index (χ4v) is 2.14. The van der Waals surface area contributed by atoms with Gasteiger partial charge in [-0.05, 0) is 19.3 Å². The van der Waals surface area contributed by atoms with Crippen molar-refractivity contribution in [3.05, 3.63) is 0 Å². The van der Waals surface area contributed by atoms with Crippen molar-refractivity contribution in [3.8, 4) is 0 Å². The molecule has 1 saturated heterocycles. The first-order chi connectivity index (χ1) is 11.5.